The molecule has 3 aromatic carbocycles. The van der Waals surface area contributed by atoms with E-state index in [2.05, 4.69) is 7.85 Å². The fourth-order valence-electron chi connectivity index (χ4n) is 4.23. The number of ether oxygens (including phenoxy) is 2. The van der Waals surface area contributed by atoms with E-state index < -0.39 is 23.7 Å². The molecule has 1 heterocycles. The van der Waals surface area contributed by atoms with Gasteiger partial charge in [0.05, 0.1) is 13.2 Å². The van der Waals surface area contributed by atoms with Gasteiger partial charge in [0.25, 0.3) is 0 Å². The van der Waals surface area contributed by atoms with Crippen molar-refractivity contribution in [1.82, 2.24) is 0 Å². The Morgan fingerprint density at radius 2 is 1.54 bits per heavy atom. The van der Waals surface area contributed by atoms with E-state index in [9.17, 15) is 13.2 Å². The van der Waals surface area contributed by atoms with E-state index in [-0.39, 0.29) is 5.56 Å². The SMILES string of the molecule is BCC1COC(c2ccc(-c3ccc(-c4ccc(CC/C=C/CC)c(F)c4F)cc3)cc2F)OC1. The number of allylic oxidation sites excluding steroid dienone is 2. The van der Waals surface area contributed by atoms with Gasteiger partial charge in [0.15, 0.2) is 17.9 Å². The van der Waals surface area contributed by atoms with Crippen LogP contribution >= 0.6 is 0 Å². The highest BCUT2D eigenvalue weighted by Crippen LogP contribution is 2.32. The minimum absolute atomic E-state index is 0.209. The molecule has 0 aromatic heterocycles. The third-order valence-electron chi connectivity index (χ3n) is 6.47. The lowest BCUT2D eigenvalue weighted by atomic mass is 9.92. The smallest absolute Gasteiger partial charge is 0.186 e. The van der Waals surface area contributed by atoms with Crippen LogP contribution in [0, 0.1) is 23.4 Å². The van der Waals surface area contributed by atoms with E-state index in [1.165, 1.54) is 6.07 Å². The second-order valence-corrected chi connectivity index (χ2v) is 8.91. The molecule has 3 aromatic rings. The van der Waals surface area contributed by atoms with Gasteiger partial charge in [-0.2, -0.15) is 0 Å². The van der Waals surface area contributed by atoms with Gasteiger partial charge in [-0.3, -0.25) is 0 Å². The molecule has 1 fully saturated rings. The maximum atomic E-state index is 14.9. The standard InChI is InChI=1S/C29H30BF3O2/c1-2-3-4-5-6-22-11-13-24(28(33)27(22)32)21-9-7-20(8-10-21)23-12-14-25(26(31)15-23)29-34-17-19(16-30)18-35-29/h3-4,7-15,19,29H,2,5-6,16-18,30H2,1H3/b4-3+. The molecule has 182 valence electrons. The summed E-state index contributed by atoms with van der Waals surface area (Å²) in [6, 6.07) is 15.2. The third-order valence-corrected chi connectivity index (χ3v) is 6.47. The molecule has 0 aliphatic carbocycles. The Balaban J connectivity index is 1.49. The molecule has 6 heteroatoms. The summed E-state index contributed by atoms with van der Waals surface area (Å²) < 4.78 is 55.7. The van der Waals surface area contributed by atoms with Crippen molar-refractivity contribution in [3.05, 3.63) is 95.3 Å². The Kier molecular flexibility index (Phi) is 8.48. The van der Waals surface area contributed by atoms with Gasteiger partial charge in [0.2, 0.25) is 0 Å². The van der Waals surface area contributed by atoms with Gasteiger partial charge in [-0.15, -0.1) is 0 Å². The van der Waals surface area contributed by atoms with Gasteiger partial charge in [0, 0.05) is 11.1 Å². The van der Waals surface area contributed by atoms with Gasteiger partial charge in [-0.25, -0.2) is 13.2 Å². The Morgan fingerprint density at radius 1 is 0.857 bits per heavy atom. The predicted octanol–water partition coefficient (Wildman–Crippen LogP) is 7.05. The van der Waals surface area contributed by atoms with Crippen LogP contribution in [0.4, 0.5) is 13.2 Å². The van der Waals surface area contributed by atoms with Crippen LogP contribution in [0.3, 0.4) is 0 Å². The van der Waals surface area contributed by atoms with E-state index in [1.807, 2.05) is 25.1 Å². The first-order valence-electron chi connectivity index (χ1n) is 12.3. The summed E-state index contributed by atoms with van der Waals surface area (Å²) in [6.45, 7) is 3.14. The first-order valence-corrected chi connectivity index (χ1v) is 12.3. The van der Waals surface area contributed by atoms with Crippen molar-refractivity contribution in [1.29, 1.82) is 0 Å². The van der Waals surface area contributed by atoms with Crippen LogP contribution in [-0.2, 0) is 15.9 Å². The first-order chi connectivity index (χ1) is 17.0. The number of hydrogen-bond acceptors (Lipinski definition) is 2. The van der Waals surface area contributed by atoms with Crippen molar-refractivity contribution < 1.29 is 22.6 Å². The molecule has 0 amide bonds. The van der Waals surface area contributed by atoms with Gasteiger partial charge in [-0.1, -0.05) is 73.9 Å². The van der Waals surface area contributed by atoms with Crippen molar-refractivity contribution in [2.75, 3.05) is 13.2 Å². The van der Waals surface area contributed by atoms with Crippen molar-refractivity contribution in [3.63, 3.8) is 0 Å². The van der Waals surface area contributed by atoms with Crippen LogP contribution in [0.25, 0.3) is 22.3 Å². The molecule has 1 aliphatic heterocycles. The summed E-state index contributed by atoms with van der Waals surface area (Å²) >= 11 is 0. The number of hydrogen-bond donors (Lipinski definition) is 0. The summed E-state index contributed by atoms with van der Waals surface area (Å²) in [7, 11) is 2.08. The second-order valence-electron chi connectivity index (χ2n) is 8.91. The fourth-order valence-corrected chi connectivity index (χ4v) is 4.23. The van der Waals surface area contributed by atoms with Crippen LogP contribution in [0.1, 0.15) is 37.2 Å². The summed E-state index contributed by atoms with van der Waals surface area (Å²) in [5.74, 6) is -1.71. The molecule has 0 atom stereocenters. The van der Waals surface area contributed by atoms with Crippen LogP contribution < -0.4 is 0 Å². The summed E-state index contributed by atoms with van der Waals surface area (Å²) in [4.78, 5) is 0. The molecule has 0 N–H and O–H groups in total. The van der Waals surface area contributed by atoms with Crippen molar-refractivity contribution in [3.8, 4) is 22.3 Å². The number of halogens is 3. The summed E-state index contributed by atoms with van der Waals surface area (Å²) in [5, 5.41) is 0. The zero-order valence-corrected chi connectivity index (χ0v) is 20.2. The van der Waals surface area contributed by atoms with Crippen molar-refractivity contribution >= 4 is 7.85 Å². The Labute approximate surface area is 206 Å². The van der Waals surface area contributed by atoms with Crippen LogP contribution in [-0.4, -0.2) is 21.1 Å². The minimum atomic E-state index is -0.845. The van der Waals surface area contributed by atoms with Crippen molar-refractivity contribution in [2.45, 2.75) is 38.8 Å². The van der Waals surface area contributed by atoms with E-state index in [0.29, 0.717) is 54.2 Å². The van der Waals surface area contributed by atoms with E-state index in [4.69, 9.17) is 9.47 Å². The molecule has 0 radical (unpaired) electrons. The molecular formula is C29H30BF3O2. The van der Waals surface area contributed by atoms with E-state index in [1.54, 1.807) is 42.5 Å². The molecular weight excluding hydrogens is 448 g/mol. The summed E-state index contributed by atoms with van der Waals surface area (Å²) in [6.07, 6.45) is 6.31. The van der Waals surface area contributed by atoms with Crippen LogP contribution in [0.2, 0.25) is 6.32 Å². The van der Waals surface area contributed by atoms with Crippen LogP contribution in [0.15, 0.2) is 66.7 Å². The maximum absolute atomic E-state index is 14.9. The predicted molar refractivity (Wildman–Crippen MR) is 136 cm³/mol. The normalized spacial score (nSPS) is 18.3. The molecule has 0 saturated carbocycles. The number of rotatable bonds is 8. The lowest BCUT2D eigenvalue weighted by molar-refractivity contribution is -0.203. The average molecular weight is 478 g/mol. The van der Waals surface area contributed by atoms with E-state index >= 15 is 0 Å². The number of aryl methyl sites for hydroxylation is 1. The molecule has 0 bridgehead atoms. The molecule has 35 heavy (non-hydrogen) atoms. The van der Waals surface area contributed by atoms with Crippen molar-refractivity contribution in [2.24, 2.45) is 5.92 Å². The highest BCUT2D eigenvalue weighted by atomic mass is 19.2. The number of benzene rings is 3. The maximum Gasteiger partial charge on any atom is 0.186 e. The Morgan fingerprint density at radius 3 is 2.20 bits per heavy atom. The van der Waals surface area contributed by atoms with Gasteiger partial charge in [-0.05, 0) is 53.5 Å². The molecule has 1 saturated heterocycles. The van der Waals surface area contributed by atoms with Crippen LogP contribution in [0.5, 0.6) is 0 Å². The topological polar surface area (TPSA) is 18.5 Å². The lowest BCUT2D eigenvalue weighted by Gasteiger charge is -2.29. The highest BCUT2D eigenvalue weighted by Gasteiger charge is 2.25. The zero-order chi connectivity index (χ0) is 24.8. The second kappa shape index (κ2) is 11.7. The van der Waals surface area contributed by atoms with Gasteiger partial charge < -0.3 is 9.47 Å². The largest absolute Gasteiger partial charge is 0.348 e. The molecule has 0 unspecified atom stereocenters. The Hall–Kier alpha value is -2.83. The first kappa shape index (κ1) is 25.3. The molecule has 4 rings (SSSR count). The molecule has 0 spiro atoms. The van der Waals surface area contributed by atoms with Gasteiger partial charge in [0.1, 0.15) is 13.7 Å². The molecule has 1 aliphatic rings. The fraction of sp³-hybridized carbons (Fsp3) is 0.310. The molecule has 2 nitrogen and oxygen atoms in total. The zero-order valence-electron chi connectivity index (χ0n) is 20.2. The summed E-state index contributed by atoms with van der Waals surface area (Å²) in [5.41, 5.74) is 2.98. The average Bonchev–Trinajstić information content (AvgIpc) is 2.89. The monoisotopic (exact) mass is 478 g/mol. The minimum Gasteiger partial charge on any atom is -0.348 e. The quantitative estimate of drug-likeness (QED) is 0.255. The lowest BCUT2D eigenvalue weighted by Crippen LogP contribution is -2.27. The van der Waals surface area contributed by atoms with E-state index in [0.717, 1.165) is 18.3 Å². The third kappa shape index (κ3) is 5.88. The van der Waals surface area contributed by atoms with Gasteiger partial charge >= 0.3 is 0 Å². The Bertz CT molecular complexity index is 1170. The highest BCUT2D eigenvalue weighted by molar-refractivity contribution is 6.08.